The largest absolute Gasteiger partial charge is 0.465 e. The van der Waals surface area contributed by atoms with E-state index in [4.69, 9.17) is 9.84 Å². The van der Waals surface area contributed by atoms with E-state index in [2.05, 4.69) is 0 Å². The van der Waals surface area contributed by atoms with Crippen molar-refractivity contribution in [2.75, 3.05) is 26.2 Å². The summed E-state index contributed by atoms with van der Waals surface area (Å²) in [5, 5.41) is 19.6. The molecule has 0 radical (unpaired) electrons. The van der Waals surface area contributed by atoms with Gasteiger partial charge in [0.05, 0.1) is 6.10 Å². The number of amides is 3. The molecule has 4 saturated heterocycles. The van der Waals surface area contributed by atoms with Crippen LogP contribution in [0.4, 0.5) is 9.59 Å². The Hall–Kier alpha value is -2.03. The van der Waals surface area contributed by atoms with Crippen molar-refractivity contribution in [1.29, 1.82) is 0 Å². The number of piperidine rings is 3. The van der Waals surface area contributed by atoms with E-state index in [9.17, 15) is 19.5 Å². The summed E-state index contributed by atoms with van der Waals surface area (Å²) in [6.07, 6.45) is 1.57. The molecule has 2 bridgehead atoms. The number of carboxylic acid groups (broad SMARTS) is 1. The van der Waals surface area contributed by atoms with Gasteiger partial charge in [-0.05, 0) is 52.9 Å². The number of carbonyl (C=O) groups excluding carboxylic acids is 2. The van der Waals surface area contributed by atoms with E-state index < -0.39 is 29.9 Å². The number of fused-ring (bicyclic) bond motifs is 3. The molecule has 9 nitrogen and oxygen atoms in total. The van der Waals surface area contributed by atoms with Gasteiger partial charge in [-0.1, -0.05) is 0 Å². The van der Waals surface area contributed by atoms with Crippen LogP contribution in [0.25, 0.3) is 0 Å². The fourth-order valence-corrected chi connectivity index (χ4v) is 5.69. The summed E-state index contributed by atoms with van der Waals surface area (Å²) in [7, 11) is 0. The minimum Gasteiger partial charge on any atom is -0.465 e. The highest BCUT2D eigenvalue weighted by atomic mass is 16.6. The lowest BCUT2D eigenvalue weighted by Crippen LogP contribution is -2.68. The van der Waals surface area contributed by atoms with E-state index in [1.54, 1.807) is 9.80 Å². The van der Waals surface area contributed by atoms with Crippen molar-refractivity contribution in [3.05, 3.63) is 0 Å². The molecule has 5 rings (SSSR count). The number of hydrogen-bond acceptors (Lipinski definition) is 5. The summed E-state index contributed by atoms with van der Waals surface area (Å²) < 4.78 is 5.60. The zero-order valence-corrected chi connectivity index (χ0v) is 18.0. The van der Waals surface area contributed by atoms with Gasteiger partial charge in [-0.25, -0.2) is 9.59 Å². The highest BCUT2D eigenvalue weighted by Crippen LogP contribution is 2.44. The maximum absolute atomic E-state index is 13.5. The zero-order chi connectivity index (χ0) is 21.8. The average Bonchev–Trinajstić information content (AvgIpc) is 2.63. The minimum atomic E-state index is -0.889. The van der Waals surface area contributed by atoms with E-state index in [1.165, 1.54) is 4.90 Å². The van der Waals surface area contributed by atoms with Gasteiger partial charge in [-0.2, -0.15) is 0 Å². The average molecular weight is 424 g/mol. The van der Waals surface area contributed by atoms with Gasteiger partial charge in [0.1, 0.15) is 11.6 Å². The number of nitrogens with zero attached hydrogens (tertiary/aromatic N) is 3. The molecule has 4 aliphatic heterocycles. The number of aliphatic hydroxyl groups is 1. The van der Waals surface area contributed by atoms with Crippen LogP contribution in [0.1, 0.15) is 52.9 Å². The first-order chi connectivity index (χ1) is 14.0. The Morgan fingerprint density at radius 1 is 1.03 bits per heavy atom. The van der Waals surface area contributed by atoms with Crippen molar-refractivity contribution >= 4 is 18.1 Å². The third-order valence-corrected chi connectivity index (χ3v) is 7.26. The smallest absolute Gasteiger partial charge is 0.411 e. The first kappa shape index (κ1) is 21.2. The SMILES string of the molecule is CC(C)(C)OC(=O)N1[C@H]2CC[C@H]([C@H](O)C2)[C@H]1C(=O)N1CCC2(CC1)CN(C(=O)O)C2. The van der Waals surface area contributed by atoms with Gasteiger partial charge >= 0.3 is 12.2 Å². The van der Waals surface area contributed by atoms with Crippen LogP contribution >= 0.6 is 0 Å². The topological polar surface area (TPSA) is 111 Å². The van der Waals surface area contributed by atoms with Crippen LogP contribution < -0.4 is 0 Å². The van der Waals surface area contributed by atoms with Gasteiger partial charge < -0.3 is 24.7 Å². The second-order valence-corrected chi connectivity index (χ2v) is 10.5. The lowest BCUT2D eigenvalue weighted by atomic mass is 9.70. The van der Waals surface area contributed by atoms with Gasteiger partial charge in [0.2, 0.25) is 5.91 Å². The molecule has 30 heavy (non-hydrogen) atoms. The third kappa shape index (κ3) is 3.72. The standard InChI is InChI=1S/C21H33N3O6/c1-20(2,3)30-19(29)24-13-4-5-14(15(25)10-13)16(24)17(26)22-8-6-21(7-9-22)11-23(12-21)18(27)28/h13-16,25H,4-12H2,1-3H3,(H,27,28)/t13-,14+,15+,16-/m0/s1. The van der Waals surface area contributed by atoms with Crippen LogP contribution in [0.15, 0.2) is 0 Å². The van der Waals surface area contributed by atoms with Gasteiger partial charge in [0, 0.05) is 43.6 Å². The Kier molecular flexibility index (Phi) is 5.15. The molecule has 9 heteroatoms. The van der Waals surface area contributed by atoms with Crippen molar-refractivity contribution in [3.63, 3.8) is 0 Å². The van der Waals surface area contributed by atoms with Crippen LogP contribution in [0.5, 0.6) is 0 Å². The summed E-state index contributed by atoms with van der Waals surface area (Å²) >= 11 is 0. The highest BCUT2D eigenvalue weighted by Gasteiger charge is 2.55. The van der Waals surface area contributed by atoms with Crippen LogP contribution in [0.2, 0.25) is 0 Å². The first-order valence-corrected chi connectivity index (χ1v) is 11.0. The van der Waals surface area contributed by atoms with E-state index in [0.29, 0.717) is 32.6 Å². The highest BCUT2D eigenvalue weighted by molar-refractivity contribution is 5.87. The summed E-state index contributed by atoms with van der Waals surface area (Å²) in [4.78, 5) is 42.4. The molecule has 3 amide bonds. The maximum Gasteiger partial charge on any atom is 0.411 e. The van der Waals surface area contributed by atoms with Gasteiger partial charge in [-0.3, -0.25) is 9.69 Å². The molecule has 4 atom stereocenters. The van der Waals surface area contributed by atoms with Crippen LogP contribution in [-0.4, -0.2) is 93.0 Å². The molecule has 4 heterocycles. The van der Waals surface area contributed by atoms with Crippen LogP contribution in [0.3, 0.4) is 0 Å². The summed E-state index contributed by atoms with van der Waals surface area (Å²) in [6.45, 7) is 7.59. The lowest BCUT2D eigenvalue weighted by Gasteiger charge is -2.55. The molecule has 0 aromatic rings. The Morgan fingerprint density at radius 2 is 1.67 bits per heavy atom. The molecule has 0 unspecified atom stereocenters. The Balaban J connectivity index is 1.46. The molecule has 5 fully saturated rings. The maximum atomic E-state index is 13.5. The summed E-state index contributed by atoms with van der Waals surface area (Å²) in [5.41, 5.74) is -0.678. The number of likely N-dealkylation sites (tertiary alicyclic amines) is 2. The van der Waals surface area contributed by atoms with Crippen molar-refractivity contribution in [2.45, 2.75) is 76.7 Å². The van der Waals surface area contributed by atoms with E-state index in [1.807, 2.05) is 20.8 Å². The Bertz CT molecular complexity index is 719. The quantitative estimate of drug-likeness (QED) is 0.665. The van der Waals surface area contributed by atoms with Gasteiger partial charge in [0.15, 0.2) is 0 Å². The second kappa shape index (κ2) is 7.28. The molecule has 168 valence electrons. The number of ether oxygens (including phenoxy) is 1. The van der Waals surface area contributed by atoms with Crippen molar-refractivity contribution in [3.8, 4) is 0 Å². The molecule has 5 aliphatic rings. The monoisotopic (exact) mass is 423 g/mol. The van der Waals surface area contributed by atoms with E-state index >= 15 is 0 Å². The zero-order valence-electron chi connectivity index (χ0n) is 18.0. The van der Waals surface area contributed by atoms with Crippen LogP contribution in [0, 0.1) is 11.3 Å². The van der Waals surface area contributed by atoms with Crippen molar-refractivity contribution in [2.24, 2.45) is 11.3 Å². The fourth-order valence-electron chi connectivity index (χ4n) is 5.69. The fraction of sp³-hybridized carbons (Fsp3) is 0.857. The molecule has 0 aromatic carbocycles. The summed E-state index contributed by atoms with van der Waals surface area (Å²) in [6, 6.07) is -0.867. The third-order valence-electron chi connectivity index (χ3n) is 7.26. The van der Waals surface area contributed by atoms with E-state index in [-0.39, 0.29) is 23.3 Å². The minimum absolute atomic E-state index is 0.0227. The Labute approximate surface area is 176 Å². The first-order valence-electron chi connectivity index (χ1n) is 11.0. The molecule has 2 N–H and O–H groups in total. The lowest BCUT2D eigenvalue weighted by molar-refractivity contribution is -0.157. The number of hydrogen-bond donors (Lipinski definition) is 2. The number of carbonyl (C=O) groups is 3. The summed E-state index contributed by atoms with van der Waals surface area (Å²) in [5.74, 6) is -0.379. The normalized spacial score (nSPS) is 32.7. The number of aliphatic hydroxyl groups excluding tert-OH is 1. The molecule has 0 aromatic heterocycles. The van der Waals surface area contributed by atoms with Gasteiger partial charge in [-0.15, -0.1) is 0 Å². The molecular weight excluding hydrogens is 390 g/mol. The molecule has 1 spiro atoms. The van der Waals surface area contributed by atoms with Gasteiger partial charge in [0.25, 0.3) is 0 Å². The van der Waals surface area contributed by atoms with Crippen LogP contribution in [-0.2, 0) is 9.53 Å². The predicted molar refractivity (Wildman–Crippen MR) is 107 cm³/mol. The van der Waals surface area contributed by atoms with E-state index in [0.717, 1.165) is 25.7 Å². The molecule has 1 aliphatic carbocycles. The molecule has 1 saturated carbocycles. The van der Waals surface area contributed by atoms with Crippen molar-refractivity contribution < 1.29 is 29.3 Å². The molecular formula is C21H33N3O6. The Morgan fingerprint density at radius 3 is 2.20 bits per heavy atom. The number of rotatable bonds is 1. The van der Waals surface area contributed by atoms with Crippen molar-refractivity contribution in [1.82, 2.24) is 14.7 Å². The second-order valence-electron chi connectivity index (χ2n) is 10.5. The predicted octanol–water partition coefficient (Wildman–Crippen LogP) is 1.74.